The molecule has 5 nitrogen and oxygen atoms in total. The summed E-state index contributed by atoms with van der Waals surface area (Å²) in [6.45, 7) is 10.4. The lowest BCUT2D eigenvalue weighted by atomic mass is 9.95. The van der Waals surface area contributed by atoms with Gasteiger partial charge in [0.15, 0.2) is 0 Å². The summed E-state index contributed by atoms with van der Waals surface area (Å²) in [7, 11) is 0. The van der Waals surface area contributed by atoms with E-state index in [0.29, 0.717) is 37.1 Å². The van der Waals surface area contributed by atoms with E-state index in [-0.39, 0.29) is 30.2 Å². The van der Waals surface area contributed by atoms with Gasteiger partial charge in [-0.3, -0.25) is 4.79 Å². The van der Waals surface area contributed by atoms with Crippen LogP contribution in [0.3, 0.4) is 0 Å². The van der Waals surface area contributed by atoms with Gasteiger partial charge in [0.05, 0.1) is 24.4 Å². The monoisotopic (exact) mass is 380 g/mol. The Morgan fingerprint density at radius 1 is 1.33 bits per heavy atom. The third-order valence-electron chi connectivity index (χ3n) is 4.94. The fraction of sp³-hybridized carbons (Fsp3) is 0.667. The molecule has 0 unspecified atom stereocenters. The Morgan fingerprint density at radius 2 is 2.00 bits per heavy atom. The standard InChI is InChI=1S/C21H33FN2O3/c1-5-27-20(25)10-15(4)16-11-18(22)21(19(23)12-16)24(13-14(2)3)17-6-8-26-9-7-17/h11-12,14-15,17H,5-10,13,23H2,1-4H3/t15-/m1/s1. The minimum absolute atomic E-state index is 0.156. The highest BCUT2D eigenvalue weighted by Gasteiger charge is 2.27. The molecule has 0 spiro atoms. The van der Waals surface area contributed by atoms with Gasteiger partial charge in [0, 0.05) is 25.8 Å². The zero-order valence-corrected chi connectivity index (χ0v) is 17.0. The molecular weight excluding hydrogens is 347 g/mol. The summed E-state index contributed by atoms with van der Waals surface area (Å²) in [6.07, 6.45) is 1.95. The number of rotatable bonds is 8. The van der Waals surface area contributed by atoms with Crippen molar-refractivity contribution in [3.05, 3.63) is 23.5 Å². The molecule has 1 aliphatic heterocycles. The molecule has 1 aliphatic rings. The minimum Gasteiger partial charge on any atom is -0.466 e. The lowest BCUT2D eigenvalue weighted by Gasteiger charge is -2.38. The summed E-state index contributed by atoms with van der Waals surface area (Å²) < 4.78 is 25.6. The van der Waals surface area contributed by atoms with E-state index in [0.717, 1.165) is 24.9 Å². The SMILES string of the molecule is CCOC(=O)C[C@@H](C)c1cc(N)c(N(CC(C)C)C2CCOCC2)c(F)c1. The Morgan fingerprint density at radius 3 is 2.56 bits per heavy atom. The number of benzene rings is 1. The van der Waals surface area contributed by atoms with Gasteiger partial charge in [0.1, 0.15) is 5.82 Å². The van der Waals surface area contributed by atoms with Crippen LogP contribution in [0.25, 0.3) is 0 Å². The van der Waals surface area contributed by atoms with Gasteiger partial charge in [-0.1, -0.05) is 20.8 Å². The molecule has 0 radical (unpaired) electrons. The smallest absolute Gasteiger partial charge is 0.306 e. The topological polar surface area (TPSA) is 64.8 Å². The lowest BCUT2D eigenvalue weighted by Crippen LogP contribution is -2.42. The van der Waals surface area contributed by atoms with Crippen molar-refractivity contribution in [1.29, 1.82) is 0 Å². The zero-order valence-electron chi connectivity index (χ0n) is 17.0. The molecular formula is C21H33FN2O3. The average Bonchev–Trinajstić information content (AvgIpc) is 2.60. The van der Waals surface area contributed by atoms with Crippen molar-refractivity contribution in [3.63, 3.8) is 0 Å². The van der Waals surface area contributed by atoms with E-state index >= 15 is 4.39 Å². The summed E-state index contributed by atoms with van der Waals surface area (Å²) in [5.41, 5.74) is 7.92. The van der Waals surface area contributed by atoms with Crippen molar-refractivity contribution >= 4 is 17.3 Å². The van der Waals surface area contributed by atoms with Crippen molar-refractivity contribution in [2.75, 3.05) is 37.0 Å². The van der Waals surface area contributed by atoms with Crippen LogP contribution in [0.5, 0.6) is 0 Å². The van der Waals surface area contributed by atoms with Crippen molar-refractivity contribution in [3.8, 4) is 0 Å². The van der Waals surface area contributed by atoms with Crippen molar-refractivity contribution < 1.29 is 18.7 Å². The molecule has 0 saturated carbocycles. The number of nitrogens with two attached hydrogens (primary N) is 1. The van der Waals surface area contributed by atoms with E-state index in [2.05, 4.69) is 18.7 Å². The normalized spacial score (nSPS) is 16.4. The molecule has 2 rings (SSSR count). The van der Waals surface area contributed by atoms with E-state index < -0.39 is 0 Å². The summed E-state index contributed by atoms with van der Waals surface area (Å²) in [4.78, 5) is 13.8. The first kappa shape index (κ1) is 21.5. The number of anilines is 2. The Hall–Kier alpha value is -1.82. The van der Waals surface area contributed by atoms with Crippen LogP contribution in [0, 0.1) is 11.7 Å². The molecule has 1 atom stereocenters. The summed E-state index contributed by atoms with van der Waals surface area (Å²) >= 11 is 0. The third kappa shape index (κ3) is 5.83. The van der Waals surface area contributed by atoms with Gasteiger partial charge >= 0.3 is 5.97 Å². The fourth-order valence-electron chi connectivity index (χ4n) is 3.63. The number of carbonyl (C=O) groups is 1. The first-order chi connectivity index (χ1) is 12.8. The molecule has 1 fully saturated rings. The van der Waals surface area contributed by atoms with E-state index in [1.165, 1.54) is 6.07 Å². The first-order valence-corrected chi connectivity index (χ1v) is 9.92. The highest BCUT2D eigenvalue weighted by molar-refractivity contribution is 5.72. The van der Waals surface area contributed by atoms with Gasteiger partial charge in [-0.15, -0.1) is 0 Å². The van der Waals surface area contributed by atoms with Gasteiger partial charge in [-0.25, -0.2) is 4.39 Å². The number of ether oxygens (including phenoxy) is 2. The third-order valence-corrected chi connectivity index (χ3v) is 4.94. The second-order valence-corrected chi connectivity index (χ2v) is 7.74. The minimum atomic E-state index is -0.326. The Kier molecular flexibility index (Phi) is 7.90. The summed E-state index contributed by atoms with van der Waals surface area (Å²) in [5.74, 6) is -0.380. The van der Waals surface area contributed by atoms with Crippen LogP contribution in [0.2, 0.25) is 0 Å². The molecule has 0 aromatic heterocycles. The molecule has 1 aromatic carbocycles. The molecule has 1 saturated heterocycles. The maximum Gasteiger partial charge on any atom is 0.306 e. The average molecular weight is 381 g/mol. The summed E-state index contributed by atoms with van der Waals surface area (Å²) in [6, 6.07) is 3.54. The maximum absolute atomic E-state index is 15.1. The number of hydrogen-bond acceptors (Lipinski definition) is 5. The van der Waals surface area contributed by atoms with Crippen LogP contribution in [0.1, 0.15) is 58.4 Å². The number of nitrogen functional groups attached to an aromatic ring is 1. The Labute approximate surface area is 162 Å². The zero-order chi connectivity index (χ0) is 20.0. The largest absolute Gasteiger partial charge is 0.466 e. The molecule has 2 N–H and O–H groups in total. The van der Waals surface area contributed by atoms with Crippen molar-refractivity contribution in [2.24, 2.45) is 5.92 Å². The first-order valence-electron chi connectivity index (χ1n) is 9.92. The number of carbonyl (C=O) groups excluding carboxylic acids is 1. The van der Waals surface area contributed by atoms with Crippen molar-refractivity contribution in [2.45, 2.75) is 58.9 Å². The molecule has 1 heterocycles. The number of hydrogen-bond donors (Lipinski definition) is 1. The van der Waals surface area contributed by atoms with Gasteiger partial charge in [-0.05, 0) is 49.3 Å². The van der Waals surface area contributed by atoms with Gasteiger partial charge in [-0.2, -0.15) is 0 Å². The highest BCUT2D eigenvalue weighted by atomic mass is 19.1. The van der Waals surface area contributed by atoms with E-state index in [9.17, 15) is 4.79 Å². The molecule has 0 bridgehead atoms. The van der Waals surface area contributed by atoms with E-state index in [4.69, 9.17) is 15.2 Å². The Balaban J connectivity index is 2.28. The number of esters is 1. The predicted molar refractivity (Wildman–Crippen MR) is 107 cm³/mol. The number of halogens is 1. The van der Waals surface area contributed by atoms with E-state index in [1.54, 1.807) is 13.0 Å². The van der Waals surface area contributed by atoms with Crippen LogP contribution >= 0.6 is 0 Å². The van der Waals surface area contributed by atoms with Gasteiger partial charge < -0.3 is 20.1 Å². The molecule has 0 amide bonds. The van der Waals surface area contributed by atoms with Crippen LogP contribution in [0.4, 0.5) is 15.8 Å². The highest BCUT2D eigenvalue weighted by Crippen LogP contribution is 2.35. The molecule has 27 heavy (non-hydrogen) atoms. The second-order valence-electron chi connectivity index (χ2n) is 7.74. The van der Waals surface area contributed by atoms with Crippen molar-refractivity contribution in [1.82, 2.24) is 0 Å². The second kappa shape index (κ2) is 9.93. The lowest BCUT2D eigenvalue weighted by molar-refractivity contribution is -0.143. The molecule has 6 heteroatoms. The fourth-order valence-corrected chi connectivity index (χ4v) is 3.63. The molecule has 1 aromatic rings. The van der Waals surface area contributed by atoms with Gasteiger partial charge in [0.25, 0.3) is 0 Å². The van der Waals surface area contributed by atoms with Crippen LogP contribution in [-0.2, 0) is 14.3 Å². The predicted octanol–water partition coefficient (Wildman–Crippen LogP) is 4.11. The molecule has 0 aliphatic carbocycles. The summed E-state index contributed by atoms with van der Waals surface area (Å²) in [5, 5.41) is 0. The van der Waals surface area contributed by atoms with Gasteiger partial charge in [0.2, 0.25) is 0 Å². The van der Waals surface area contributed by atoms with Crippen LogP contribution in [0.15, 0.2) is 12.1 Å². The maximum atomic E-state index is 15.1. The van der Waals surface area contributed by atoms with Crippen LogP contribution < -0.4 is 10.6 Å². The van der Waals surface area contributed by atoms with Crippen LogP contribution in [-0.4, -0.2) is 38.4 Å². The number of nitrogens with zero attached hydrogens (tertiary/aromatic N) is 1. The Bertz CT molecular complexity index is 607. The molecule has 152 valence electrons. The van der Waals surface area contributed by atoms with E-state index in [1.807, 2.05) is 6.92 Å². The quantitative estimate of drug-likeness (QED) is 0.543.